The maximum Gasteiger partial charge on any atom is 0.326 e. The van der Waals surface area contributed by atoms with Crippen molar-refractivity contribution in [3.8, 4) is 0 Å². The number of primary amides is 1. The van der Waals surface area contributed by atoms with Crippen LogP contribution in [0.4, 0.5) is 0 Å². The van der Waals surface area contributed by atoms with Gasteiger partial charge in [-0.05, 0) is 36.6 Å². The van der Waals surface area contributed by atoms with Gasteiger partial charge in [-0.25, -0.2) is 4.79 Å². The minimum atomic E-state index is -1.12. The average molecular weight is 335 g/mol. The Kier molecular flexibility index (Phi) is 6.91. The zero-order chi connectivity index (χ0) is 18.3. The average Bonchev–Trinajstić information content (AvgIpc) is 2.51. The van der Waals surface area contributed by atoms with Gasteiger partial charge in [-0.2, -0.15) is 0 Å². The van der Waals surface area contributed by atoms with Gasteiger partial charge in [0.1, 0.15) is 6.04 Å². The second kappa shape index (κ2) is 8.66. The number of aliphatic carboxylic acids is 1. The molecule has 5 N–H and O–H groups in total. The lowest BCUT2D eigenvalue weighted by Gasteiger charge is -2.16. The van der Waals surface area contributed by atoms with E-state index in [2.05, 4.69) is 10.6 Å². The molecule has 0 heterocycles. The van der Waals surface area contributed by atoms with Gasteiger partial charge in [-0.15, -0.1) is 0 Å². The lowest BCUT2D eigenvalue weighted by Crippen LogP contribution is -2.46. The van der Waals surface area contributed by atoms with Crippen molar-refractivity contribution < 1.29 is 24.3 Å². The Morgan fingerprint density at radius 1 is 1.08 bits per heavy atom. The van der Waals surface area contributed by atoms with Crippen LogP contribution in [0.3, 0.4) is 0 Å². The highest BCUT2D eigenvalue weighted by Crippen LogP contribution is 2.05. The van der Waals surface area contributed by atoms with E-state index in [4.69, 9.17) is 10.8 Å². The van der Waals surface area contributed by atoms with Crippen molar-refractivity contribution in [1.29, 1.82) is 0 Å². The molecule has 1 aromatic rings. The third kappa shape index (κ3) is 6.07. The second-order valence-corrected chi connectivity index (χ2v) is 5.71. The van der Waals surface area contributed by atoms with Gasteiger partial charge >= 0.3 is 5.97 Å². The van der Waals surface area contributed by atoms with E-state index in [1.807, 2.05) is 13.8 Å². The Bertz CT molecular complexity index is 625. The summed E-state index contributed by atoms with van der Waals surface area (Å²) in [6.07, 6.45) is 0.295. The first-order valence-corrected chi connectivity index (χ1v) is 7.41. The molecule has 1 rings (SSSR count). The maximum atomic E-state index is 11.9. The molecule has 0 aliphatic rings. The van der Waals surface area contributed by atoms with E-state index in [1.165, 1.54) is 24.3 Å². The molecule has 0 bridgehead atoms. The van der Waals surface area contributed by atoms with E-state index in [0.717, 1.165) is 0 Å². The molecule has 24 heavy (non-hydrogen) atoms. The van der Waals surface area contributed by atoms with Crippen molar-refractivity contribution in [2.45, 2.75) is 26.3 Å². The summed E-state index contributed by atoms with van der Waals surface area (Å²) in [6.45, 7) is 3.34. The third-order valence-corrected chi connectivity index (χ3v) is 3.18. The zero-order valence-electron chi connectivity index (χ0n) is 13.5. The van der Waals surface area contributed by atoms with Crippen molar-refractivity contribution in [3.05, 3.63) is 35.4 Å². The zero-order valence-corrected chi connectivity index (χ0v) is 13.5. The molecule has 0 aromatic heterocycles. The molecule has 1 aromatic carbocycles. The lowest BCUT2D eigenvalue weighted by atomic mass is 10.0. The molecule has 8 heteroatoms. The Morgan fingerprint density at radius 2 is 1.62 bits per heavy atom. The Balaban J connectivity index is 2.55. The standard InChI is InChI=1S/C16H21N3O5/c1-9(2)7-12(16(23)24)19-13(20)8-18-15(22)11-5-3-10(4-6-11)14(17)21/h3-6,9,12H,7-8H2,1-2H3,(H2,17,21)(H,18,22)(H,19,20)(H,23,24)/t12-/m0/s1. The lowest BCUT2D eigenvalue weighted by molar-refractivity contribution is -0.142. The first-order chi connectivity index (χ1) is 11.2. The van der Waals surface area contributed by atoms with Gasteiger partial charge in [0.25, 0.3) is 5.91 Å². The minimum Gasteiger partial charge on any atom is -0.480 e. The largest absolute Gasteiger partial charge is 0.480 e. The molecule has 0 aliphatic heterocycles. The van der Waals surface area contributed by atoms with Crippen LogP contribution < -0.4 is 16.4 Å². The molecule has 0 fully saturated rings. The number of carbonyl (C=O) groups is 4. The first kappa shape index (κ1) is 19.1. The minimum absolute atomic E-state index is 0.102. The summed E-state index contributed by atoms with van der Waals surface area (Å²) in [4.78, 5) is 45.7. The van der Waals surface area contributed by atoms with Gasteiger partial charge in [0.2, 0.25) is 11.8 Å². The van der Waals surface area contributed by atoms with E-state index in [9.17, 15) is 19.2 Å². The fraction of sp³-hybridized carbons (Fsp3) is 0.375. The smallest absolute Gasteiger partial charge is 0.326 e. The van der Waals surface area contributed by atoms with Crippen LogP contribution in [-0.4, -0.2) is 41.4 Å². The second-order valence-electron chi connectivity index (χ2n) is 5.71. The number of carboxylic acids is 1. The predicted octanol–water partition coefficient (Wildman–Crippen LogP) is 0.131. The fourth-order valence-corrected chi connectivity index (χ4v) is 1.99. The number of nitrogens with two attached hydrogens (primary N) is 1. The maximum absolute atomic E-state index is 11.9. The first-order valence-electron chi connectivity index (χ1n) is 7.41. The topological polar surface area (TPSA) is 139 Å². The predicted molar refractivity (Wildman–Crippen MR) is 86.3 cm³/mol. The van der Waals surface area contributed by atoms with E-state index in [1.54, 1.807) is 0 Å². The van der Waals surface area contributed by atoms with E-state index in [-0.39, 0.29) is 23.6 Å². The van der Waals surface area contributed by atoms with E-state index < -0.39 is 29.7 Å². The van der Waals surface area contributed by atoms with E-state index >= 15 is 0 Å². The Hall–Kier alpha value is -2.90. The molecule has 0 saturated carbocycles. The molecule has 3 amide bonds. The molecule has 0 unspecified atom stereocenters. The summed E-state index contributed by atoms with van der Waals surface area (Å²) in [5, 5.41) is 13.8. The van der Waals surface area contributed by atoms with Crippen LogP contribution >= 0.6 is 0 Å². The number of hydrogen-bond donors (Lipinski definition) is 4. The highest BCUT2D eigenvalue weighted by atomic mass is 16.4. The number of carbonyl (C=O) groups excluding carboxylic acids is 3. The van der Waals surface area contributed by atoms with Gasteiger partial charge in [0.05, 0.1) is 6.54 Å². The van der Waals surface area contributed by atoms with Crippen LogP contribution in [0.1, 0.15) is 41.0 Å². The number of benzene rings is 1. The summed E-state index contributed by atoms with van der Waals surface area (Å²) in [5.74, 6) is -2.73. The fourth-order valence-electron chi connectivity index (χ4n) is 1.99. The van der Waals surface area contributed by atoms with Crippen molar-refractivity contribution in [2.24, 2.45) is 11.7 Å². The van der Waals surface area contributed by atoms with Gasteiger partial charge in [0.15, 0.2) is 0 Å². The molecule has 8 nitrogen and oxygen atoms in total. The molecule has 130 valence electrons. The van der Waals surface area contributed by atoms with Crippen molar-refractivity contribution in [1.82, 2.24) is 10.6 Å². The van der Waals surface area contributed by atoms with Gasteiger partial charge in [-0.1, -0.05) is 13.8 Å². The van der Waals surface area contributed by atoms with Crippen LogP contribution in [0.2, 0.25) is 0 Å². The summed E-state index contributed by atoms with van der Waals surface area (Å²) in [7, 11) is 0. The van der Waals surface area contributed by atoms with Crippen LogP contribution in [-0.2, 0) is 9.59 Å². The molecule has 0 radical (unpaired) electrons. The third-order valence-electron chi connectivity index (χ3n) is 3.18. The van der Waals surface area contributed by atoms with Crippen LogP contribution in [0, 0.1) is 5.92 Å². The Labute approximate surface area is 139 Å². The van der Waals surface area contributed by atoms with Crippen LogP contribution in [0.15, 0.2) is 24.3 Å². The summed E-state index contributed by atoms with van der Waals surface area (Å²) in [5.41, 5.74) is 5.62. The van der Waals surface area contributed by atoms with Gasteiger partial charge < -0.3 is 21.5 Å². The molecular formula is C16H21N3O5. The summed E-state index contributed by atoms with van der Waals surface area (Å²) >= 11 is 0. The van der Waals surface area contributed by atoms with E-state index in [0.29, 0.717) is 6.42 Å². The monoisotopic (exact) mass is 335 g/mol. The van der Waals surface area contributed by atoms with Crippen LogP contribution in [0.5, 0.6) is 0 Å². The molecular weight excluding hydrogens is 314 g/mol. The molecule has 0 saturated heterocycles. The van der Waals surface area contributed by atoms with Crippen LogP contribution in [0.25, 0.3) is 0 Å². The summed E-state index contributed by atoms with van der Waals surface area (Å²) < 4.78 is 0. The number of amides is 3. The molecule has 0 spiro atoms. The summed E-state index contributed by atoms with van der Waals surface area (Å²) in [6, 6.07) is 4.63. The van der Waals surface area contributed by atoms with Gasteiger partial charge in [0, 0.05) is 11.1 Å². The van der Waals surface area contributed by atoms with Crippen molar-refractivity contribution >= 4 is 23.7 Å². The number of hydrogen-bond acceptors (Lipinski definition) is 4. The van der Waals surface area contributed by atoms with Crippen molar-refractivity contribution in [3.63, 3.8) is 0 Å². The number of nitrogens with one attached hydrogen (secondary N) is 2. The van der Waals surface area contributed by atoms with Crippen molar-refractivity contribution in [2.75, 3.05) is 6.54 Å². The van der Waals surface area contributed by atoms with Gasteiger partial charge in [-0.3, -0.25) is 14.4 Å². The Morgan fingerprint density at radius 3 is 2.08 bits per heavy atom. The number of carboxylic acid groups (broad SMARTS) is 1. The highest BCUT2D eigenvalue weighted by Gasteiger charge is 2.21. The molecule has 1 atom stereocenters. The normalized spacial score (nSPS) is 11.6. The highest BCUT2D eigenvalue weighted by molar-refractivity contribution is 5.98. The molecule has 0 aliphatic carbocycles. The quantitative estimate of drug-likeness (QED) is 0.535. The SMILES string of the molecule is CC(C)C[C@H](NC(=O)CNC(=O)c1ccc(C(N)=O)cc1)C(=O)O. The number of rotatable bonds is 8.